The van der Waals surface area contributed by atoms with Crippen LogP contribution < -0.4 is 5.30 Å². The Morgan fingerprint density at radius 3 is 2.24 bits per heavy atom. The standard InChI is InChI=1S/C22H28NOP/c1-17(21-13-9-10-14-22(21)19(3)23(4)5)15-25(16-18(2)24)20-11-7-6-8-12-20/h6-15,19H,16H2,1-5H3/b17-15+/t19-,25?/m1/s1. The third kappa shape index (κ3) is 5.36. The maximum Gasteiger partial charge on any atom is 0.134 e. The van der Waals surface area contributed by atoms with Crippen molar-refractivity contribution < 1.29 is 4.79 Å². The molecule has 2 aromatic carbocycles. The van der Waals surface area contributed by atoms with Gasteiger partial charge in [0.15, 0.2) is 0 Å². The summed E-state index contributed by atoms with van der Waals surface area (Å²) in [5.41, 5.74) is 3.85. The van der Waals surface area contributed by atoms with Gasteiger partial charge in [-0.05, 0) is 64.8 Å². The average molecular weight is 353 g/mol. The monoisotopic (exact) mass is 353 g/mol. The van der Waals surface area contributed by atoms with Crippen LogP contribution in [0.5, 0.6) is 0 Å². The number of ketones is 1. The van der Waals surface area contributed by atoms with Crippen LogP contribution in [0.3, 0.4) is 0 Å². The Labute approximate surface area is 153 Å². The Balaban J connectivity index is 2.43. The Bertz CT molecular complexity index is 737. The number of carbonyl (C=O) groups is 1. The summed E-state index contributed by atoms with van der Waals surface area (Å²) < 4.78 is 0. The minimum atomic E-state index is -0.630. The summed E-state index contributed by atoms with van der Waals surface area (Å²) >= 11 is 0. The Kier molecular flexibility index (Phi) is 7.11. The highest BCUT2D eigenvalue weighted by Crippen LogP contribution is 2.40. The van der Waals surface area contributed by atoms with Crippen LogP contribution in [0.4, 0.5) is 0 Å². The molecule has 0 saturated carbocycles. The van der Waals surface area contributed by atoms with Crippen LogP contribution in [0.2, 0.25) is 0 Å². The number of hydrogen-bond acceptors (Lipinski definition) is 2. The summed E-state index contributed by atoms with van der Waals surface area (Å²) in [5, 5.41) is 1.25. The third-order valence-electron chi connectivity index (χ3n) is 4.44. The minimum Gasteiger partial charge on any atom is -0.303 e. The SMILES string of the molecule is CC(=O)CP(/C=C(\C)c1ccccc1[C@@H](C)N(C)C)c1ccccc1. The quantitative estimate of drug-likeness (QED) is 0.648. The maximum atomic E-state index is 11.8. The largest absolute Gasteiger partial charge is 0.303 e. The van der Waals surface area contributed by atoms with Crippen molar-refractivity contribution in [1.29, 1.82) is 0 Å². The van der Waals surface area contributed by atoms with Gasteiger partial charge in [0.05, 0.1) is 0 Å². The van der Waals surface area contributed by atoms with E-state index in [1.54, 1.807) is 6.92 Å². The molecule has 1 unspecified atom stereocenters. The Hall–Kier alpha value is -1.76. The van der Waals surface area contributed by atoms with Crippen LogP contribution in [0.1, 0.15) is 37.9 Å². The molecule has 0 spiro atoms. The van der Waals surface area contributed by atoms with Crippen molar-refractivity contribution in [3.63, 3.8) is 0 Å². The van der Waals surface area contributed by atoms with Gasteiger partial charge in [0.25, 0.3) is 0 Å². The highest BCUT2D eigenvalue weighted by atomic mass is 31.1. The Morgan fingerprint density at radius 1 is 1.04 bits per heavy atom. The number of nitrogens with zero attached hydrogens (tertiary/aromatic N) is 1. The van der Waals surface area contributed by atoms with E-state index >= 15 is 0 Å². The third-order valence-corrected chi connectivity index (χ3v) is 6.89. The highest BCUT2D eigenvalue weighted by Gasteiger charge is 2.15. The zero-order valence-electron chi connectivity index (χ0n) is 15.9. The van der Waals surface area contributed by atoms with E-state index in [-0.39, 0.29) is 5.78 Å². The van der Waals surface area contributed by atoms with E-state index < -0.39 is 7.92 Å². The first-order chi connectivity index (χ1) is 11.9. The first kappa shape index (κ1) is 19.6. The molecule has 132 valence electrons. The molecule has 0 fully saturated rings. The van der Waals surface area contributed by atoms with Crippen LogP contribution in [0, 0.1) is 0 Å². The molecule has 2 atom stereocenters. The summed E-state index contributed by atoms with van der Waals surface area (Å²) in [6, 6.07) is 19.3. The summed E-state index contributed by atoms with van der Waals surface area (Å²) in [5.74, 6) is 2.56. The second-order valence-corrected chi connectivity index (χ2v) is 8.73. The van der Waals surface area contributed by atoms with E-state index in [9.17, 15) is 4.79 Å². The molecule has 0 aliphatic carbocycles. The van der Waals surface area contributed by atoms with Crippen molar-refractivity contribution in [2.75, 3.05) is 20.3 Å². The van der Waals surface area contributed by atoms with Gasteiger partial charge in [-0.2, -0.15) is 0 Å². The van der Waals surface area contributed by atoms with Gasteiger partial charge in [-0.1, -0.05) is 60.4 Å². The minimum absolute atomic E-state index is 0.244. The second kappa shape index (κ2) is 9.08. The van der Waals surface area contributed by atoms with Crippen LogP contribution in [-0.2, 0) is 4.79 Å². The molecule has 0 saturated heterocycles. The number of hydrogen-bond donors (Lipinski definition) is 0. The number of benzene rings is 2. The molecule has 0 amide bonds. The normalized spacial score (nSPS) is 14.4. The van der Waals surface area contributed by atoms with E-state index in [0.717, 1.165) is 0 Å². The first-order valence-corrected chi connectivity index (χ1v) is 10.2. The molecule has 0 bridgehead atoms. The molecule has 0 heterocycles. The van der Waals surface area contributed by atoms with Gasteiger partial charge in [-0.3, -0.25) is 4.79 Å². The molecule has 25 heavy (non-hydrogen) atoms. The lowest BCUT2D eigenvalue weighted by Crippen LogP contribution is -2.17. The van der Waals surface area contributed by atoms with Gasteiger partial charge >= 0.3 is 0 Å². The molecule has 2 nitrogen and oxygen atoms in total. The van der Waals surface area contributed by atoms with Crippen molar-refractivity contribution in [2.24, 2.45) is 0 Å². The predicted molar refractivity (Wildman–Crippen MR) is 111 cm³/mol. The summed E-state index contributed by atoms with van der Waals surface area (Å²) in [6.07, 6.45) is 0.599. The fraction of sp³-hybridized carbons (Fsp3) is 0.318. The molecule has 0 aliphatic rings. The van der Waals surface area contributed by atoms with Crippen LogP contribution in [0.15, 0.2) is 60.4 Å². The molecule has 3 heteroatoms. The number of Topliss-reactive ketones (excluding diaryl/α,β-unsaturated/α-hetero) is 1. The van der Waals surface area contributed by atoms with E-state index in [1.807, 2.05) is 6.07 Å². The fourth-order valence-corrected chi connectivity index (χ4v) is 4.94. The van der Waals surface area contributed by atoms with E-state index in [2.05, 4.69) is 87.2 Å². The highest BCUT2D eigenvalue weighted by molar-refractivity contribution is 7.69. The van der Waals surface area contributed by atoms with Gasteiger partial charge in [0.1, 0.15) is 5.78 Å². The molecular weight excluding hydrogens is 325 g/mol. The lowest BCUT2D eigenvalue weighted by molar-refractivity contribution is -0.114. The lowest BCUT2D eigenvalue weighted by atomic mass is 9.97. The van der Waals surface area contributed by atoms with Crippen molar-refractivity contribution in [2.45, 2.75) is 26.8 Å². The zero-order valence-corrected chi connectivity index (χ0v) is 16.8. The smallest absolute Gasteiger partial charge is 0.134 e. The topological polar surface area (TPSA) is 20.3 Å². The lowest BCUT2D eigenvalue weighted by Gasteiger charge is -2.24. The number of allylic oxidation sites excluding steroid dienone is 1. The number of carbonyl (C=O) groups excluding carboxylic acids is 1. The van der Waals surface area contributed by atoms with Gasteiger partial charge in [0, 0.05) is 12.2 Å². The number of rotatable bonds is 7. The van der Waals surface area contributed by atoms with Gasteiger partial charge < -0.3 is 4.90 Å². The van der Waals surface area contributed by atoms with Gasteiger partial charge in [0.2, 0.25) is 0 Å². The molecule has 0 aliphatic heterocycles. The molecule has 2 rings (SSSR count). The van der Waals surface area contributed by atoms with E-state index in [0.29, 0.717) is 12.2 Å². The molecule has 2 aromatic rings. The molecule has 0 radical (unpaired) electrons. The molecule has 0 aromatic heterocycles. The van der Waals surface area contributed by atoms with Gasteiger partial charge in [-0.15, -0.1) is 0 Å². The van der Waals surface area contributed by atoms with Crippen LogP contribution in [0.25, 0.3) is 5.57 Å². The van der Waals surface area contributed by atoms with Gasteiger partial charge in [-0.25, -0.2) is 0 Å². The van der Waals surface area contributed by atoms with Crippen LogP contribution >= 0.6 is 7.92 Å². The van der Waals surface area contributed by atoms with Crippen molar-refractivity contribution in [3.8, 4) is 0 Å². The summed E-state index contributed by atoms with van der Waals surface area (Å²) in [6.45, 7) is 6.07. The van der Waals surface area contributed by atoms with Crippen molar-refractivity contribution >= 4 is 24.6 Å². The summed E-state index contributed by atoms with van der Waals surface area (Å²) in [4.78, 5) is 14.0. The van der Waals surface area contributed by atoms with E-state index in [4.69, 9.17) is 0 Å². The summed E-state index contributed by atoms with van der Waals surface area (Å²) in [7, 11) is 3.58. The fourth-order valence-electron chi connectivity index (χ4n) is 2.87. The van der Waals surface area contributed by atoms with Crippen LogP contribution in [-0.4, -0.2) is 30.9 Å². The first-order valence-electron chi connectivity index (χ1n) is 8.65. The Morgan fingerprint density at radius 2 is 1.64 bits per heavy atom. The molecular formula is C22H28NOP. The second-order valence-electron chi connectivity index (χ2n) is 6.70. The predicted octanol–water partition coefficient (Wildman–Crippen LogP) is 5.07. The zero-order chi connectivity index (χ0) is 18.4. The average Bonchev–Trinajstić information content (AvgIpc) is 2.60. The maximum absolute atomic E-state index is 11.8. The van der Waals surface area contributed by atoms with E-state index in [1.165, 1.54) is 22.0 Å². The van der Waals surface area contributed by atoms with Crippen molar-refractivity contribution in [3.05, 3.63) is 71.5 Å². The molecule has 0 N–H and O–H groups in total. The van der Waals surface area contributed by atoms with Crippen molar-refractivity contribution in [1.82, 2.24) is 4.90 Å².